The van der Waals surface area contributed by atoms with Crippen molar-refractivity contribution in [3.05, 3.63) is 51.8 Å². The van der Waals surface area contributed by atoms with Crippen LogP contribution in [0.15, 0.2) is 39.3 Å². The van der Waals surface area contributed by atoms with Crippen molar-refractivity contribution in [3.63, 3.8) is 0 Å². The van der Waals surface area contributed by atoms with E-state index in [2.05, 4.69) is 26.4 Å². The summed E-state index contributed by atoms with van der Waals surface area (Å²) in [5.41, 5.74) is 1.49. The average Bonchev–Trinajstić information content (AvgIpc) is 3.23. The number of nitrogens with one attached hydrogen (secondary N) is 1. The fourth-order valence-corrected chi connectivity index (χ4v) is 2.76. The Kier molecular flexibility index (Phi) is 4.47. The molecule has 0 spiro atoms. The topological polar surface area (TPSA) is 92.4 Å². The molecule has 0 bridgehead atoms. The first kappa shape index (κ1) is 15.7. The van der Waals surface area contributed by atoms with Crippen LogP contribution in [-0.4, -0.2) is 22.1 Å². The van der Waals surface area contributed by atoms with E-state index >= 15 is 0 Å². The molecule has 1 saturated carbocycles. The minimum absolute atomic E-state index is 0.109. The Morgan fingerprint density at radius 3 is 2.83 bits per heavy atom. The number of halogens is 1. The molecule has 1 heterocycles. The van der Waals surface area contributed by atoms with Crippen molar-refractivity contribution in [2.75, 3.05) is 0 Å². The van der Waals surface area contributed by atoms with Gasteiger partial charge in [0.05, 0.1) is 18.2 Å². The van der Waals surface area contributed by atoms with Gasteiger partial charge in [-0.05, 0) is 30.5 Å². The van der Waals surface area contributed by atoms with E-state index < -0.39 is 17.9 Å². The van der Waals surface area contributed by atoms with Crippen LogP contribution in [-0.2, 0) is 4.79 Å². The first-order valence-electron chi connectivity index (χ1n) is 7.27. The minimum Gasteiger partial charge on any atom is -0.481 e. The molecule has 7 heteroatoms. The number of amides is 1. The van der Waals surface area contributed by atoms with Crippen LogP contribution in [0.25, 0.3) is 0 Å². The number of carbonyl (C=O) groups excluding carboxylic acids is 1. The molecule has 1 unspecified atom stereocenters. The second-order valence-corrected chi connectivity index (χ2v) is 6.48. The number of aromatic nitrogens is 1. The van der Waals surface area contributed by atoms with E-state index in [4.69, 9.17) is 9.63 Å². The number of hydrogen-bond acceptors (Lipinski definition) is 4. The van der Waals surface area contributed by atoms with Crippen molar-refractivity contribution in [1.29, 1.82) is 0 Å². The third kappa shape index (κ3) is 3.98. The summed E-state index contributed by atoms with van der Waals surface area (Å²) >= 11 is 3.35. The van der Waals surface area contributed by atoms with Crippen molar-refractivity contribution in [3.8, 4) is 0 Å². The molecule has 3 rings (SSSR count). The van der Waals surface area contributed by atoms with Crippen LogP contribution in [0.3, 0.4) is 0 Å². The summed E-state index contributed by atoms with van der Waals surface area (Å²) < 4.78 is 5.89. The summed E-state index contributed by atoms with van der Waals surface area (Å²) in [7, 11) is 0. The van der Waals surface area contributed by atoms with Crippen molar-refractivity contribution in [2.45, 2.75) is 31.2 Å². The van der Waals surface area contributed by atoms with Gasteiger partial charge in [0.1, 0.15) is 0 Å². The Labute approximate surface area is 141 Å². The number of rotatable bonds is 6. The molecule has 1 fully saturated rings. The predicted molar refractivity (Wildman–Crippen MR) is 85.1 cm³/mol. The Morgan fingerprint density at radius 1 is 1.39 bits per heavy atom. The molecule has 0 aliphatic heterocycles. The summed E-state index contributed by atoms with van der Waals surface area (Å²) in [6.07, 6.45) is 1.91. The van der Waals surface area contributed by atoms with Gasteiger partial charge in [0.25, 0.3) is 5.91 Å². The lowest BCUT2D eigenvalue weighted by atomic mass is 10.0. The van der Waals surface area contributed by atoms with E-state index in [1.165, 1.54) is 0 Å². The molecule has 0 radical (unpaired) electrons. The van der Waals surface area contributed by atoms with E-state index in [1.807, 2.05) is 6.07 Å². The van der Waals surface area contributed by atoms with Gasteiger partial charge in [-0.3, -0.25) is 9.59 Å². The molecule has 1 atom stereocenters. The molecule has 6 nitrogen and oxygen atoms in total. The van der Waals surface area contributed by atoms with Gasteiger partial charge in [0.2, 0.25) is 5.76 Å². The normalized spacial score (nSPS) is 15.2. The summed E-state index contributed by atoms with van der Waals surface area (Å²) in [5, 5.41) is 15.7. The minimum atomic E-state index is -0.994. The third-order valence-electron chi connectivity index (χ3n) is 3.68. The molecule has 1 aromatic heterocycles. The molecule has 1 amide bonds. The zero-order valence-corrected chi connectivity index (χ0v) is 13.7. The van der Waals surface area contributed by atoms with Crippen molar-refractivity contribution < 1.29 is 19.2 Å². The molecular weight excluding hydrogens is 364 g/mol. The zero-order chi connectivity index (χ0) is 16.4. The lowest BCUT2D eigenvalue weighted by Crippen LogP contribution is -2.30. The van der Waals surface area contributed by atoms with Gasteiger partial charge in [0, 0.05) is 16.5 Å². The highest BCUT2D eigenvalue weighted by atomic mass is 79.9. The van der Waals surface area contributed by atoms with E-state index in [0.717, 1.165) is 23.0 Å². The highest BCUT2D eigenvalue weighted by molar-refractivity contribution is 9.10. The summed E-state index contributed by atoms with van der Waals surface area (Å²) in [6, 6.07) is 8.17. The lowest BCUT2D eigenvalue weighted by Gasteiger charge is -2.16. The van der Waals surface area contributed by atoms with E-state index in [-0.39, 0.29) is 12.2 Å². The van der Waals surface area contributed by atoms with Gasteiger partial charge in [-0.1, -0.05) is 33.2 Å². The number of aliphatic carboxylic acids is 1. The highest BCUT2D eigenvalue weighted by Gasteiger charge is 2.29. The standard InChI is InChI=1S/C16H15BrN2O4/c17-11-3-1-2-10(6-11)12(8-15(20)21)18-16(22)14-7-13(19-23-14)9-4-5-9/h1-3,6-7,9,12H,4-5,8H2,(H,18,22)(H,20,21). The maximum absolute atomic E-state index is 12.3. The van der Waals surface area contributed by atoms with E-state index in [9.17, 15) is 9.59 Å². The zero-order valence-electron chi connectivity index (χ0n) is 12.2. The summed E-state index contributed by atoms with van der Waals surface area (Å²) in [4.78, 5) is 23.4. The number of carboxylic acids is 1. The van der Waals surface area contributed by atoms with E-state index in [0.29, 0.717) is 11.5 Å². The van der Waals surface area contributed by atoms with Gasteiger partial charge in [-0.25, -0.2) is 0 Å². The maximum atomic E-state index is 12.3. The fourth-order valence-electron chi connectivity index (χ4n) is 2.35. The van der Waals surface area contributed by atoms with Crippen LogP contribution in [0.4, 0.5) is 0 Å². The SMILES string of the molecule is O=C(O)CC(NC(=O)c1cc(C2CC2)no1)c1cccc(Br)c1. The van der Waals surface area contributed by atoms with Gasteiger partial charge < -0.3 is 14.9 Å². The van der Waals surface area contributed by atoms with Crippen LogP contribution in [0.5, 0.6) is 0 Å². The van der Waals surface area contributed by atoms with Gasteiger partial charge >= 0.3 is 5.97 Å². The number of carboxylic acid groups (broad SMARTS) is 1. The smallest absolute Gasteiger partial charge is 0.305 e. The van der Waals surface area contributed by atoms with Crippen LogP contribution < -0.4 is 5.32 Å². The Bertz CT molecular complexity index is 739. The van der Waals surface area contributed by atoms with Crippen LogP contribution in [0.2, 0.25) is 0 Å². The Balaban J connectivity index is 1.76. The first-order valence-corrected chi connectivity index (χ1v) is 8.07. The Morgan fingerprint density at radius 2 is 2.17 bits per heavy atom. The van der Waals surface area contributed by atoms with Gasteiger partial charge in [-0.15, -0.1) is 0 Å². The summed E-state index contributed by atoms with van der Waals surface area (Å²) in [6.45, 7) is 0. The molecule has 1 aromatic carbocycles. The second-order valence-electron chi connectivity index (χ2n) is 5.57. The molecule has 1 aliphatic carbocycles. The highest BCUT2D eigenvalue weighted by Crippen LogP contribution is 2.39. The molecular formula is C16H15BrN2O4. The Hall–Kier alpha value is -2.15. The van der Waals surface area contributed by atoms with Crippen molar-refractivity contribution in [1.82, 2.24) is 10.5 Å². The lowest BCUT2D eigenvalue weighted by molar-refractivity contribution is -0.137. The molecule has 23 heavy (non-hydrogen) atoms. The van der Waals surface area contributed by atoms with Crippen LogP contribution in [0.1, 0.15) is 53.0 Å². The summed E-state index contributed by atoms with van der Waals surface area (Å²) in [5.74, 6) is -0.959. The van der Waals surface area contributed by atoms with Crippen molar-refractivity contribution in [2.24, 2.45) is 0 Å². The van der Waals surface area contributed by atoms with Crippen LogP contribution in [0, 0.1) is 0 Å². The average molecular weight is 379 g/mol. The molecule has 2 aromatic rings. The number of benzene rings is 1. The maximum Gasteiger partial charge on any atom is 0.305 e. The first-order chi connectivity index (χ1) is 11.0. The second kappa shape index (κ2) is 6.54. The number of carbonyl (C=O) groups is 2. The molecule has 120 valence electrons. The third-order valence-corrected chi connectivity index (χ3v) is 4.18. The van der Waals surface area contributed by atoms with Gasteiger partial charge in [-0.2, -0.15) is 0 Å². The van der Waals surface area contributed by atoms with Crippen LogP contribution >= 0.6 is 15.9 Å². The van der Waals surface area contributed by atoms with Gasteiger partial charge in [0.15, 0.2) is 0 Å². The van der Waals surface area contributed by atoms with Crippen molar-refractivity contribution >= 4 is 27.8 Å². The molecule has 0 saturated heterocycles. The monoisotopic (exact) mass is 378 g/mol. The number of nitrogens with zero attached hydrogens (tertiary/aromatic N) is 1. The fraction of sp³-hybridized carbons (Fsp3) is 0.312. The quantitative estimate of drug-likeness (QED) is 0.804. The molecule has 1 aliphatic rings. The molecule has 2 N–H and O–H groups in total. The predicted octanol–water partition coefficient (Wildman–Crippen LogP) is 3.26. The number of hydrogen-bond donors (Lipinski definition) is 2. The van der Waals surface area contributed by atoms with E-state index in [1.54, 1.807) is 24.3 Å². The largest absolute Gasteiger partial charge is 0.481 e.